The normalized spacial score (nSPS) is 26.4. The highest BCUT2D eigenvalue weighted by atomic mass is 16.7. The number of nitro benzene ring substituents is 1. The molecule has 1 N–H and O–H groups in total. The number of oxime groups is 1. The SMILES string of the molecule is CC1(C)CC2(CC(c3cccc([N+](=O)[O-])c3)=NO2)C(=O)N1. The summed E-state index contributed by atoms with van der Waals surface area (Å²) in [6.45, 7) is 3.85. The molecule has 0 aliphatic carbocycles. The maximum absolute atomic E-state index is 12.1. The van der Waals surface area contributed by atoms with Crippen molar-refractivity contribution in [2.24, 2.45) is 5.16 Å². The smallest absolute Gasteiger partial charge is 0.270 e. The summed E-state index contributed by atoms with van der Waals surface area (Å²) in [7, 11) is 0. The summed E-state index contributed by atoms with van der Waals surface area (Å²) < 4.78 is 0. The van der Waals surface area contributed by atoms with E-state index in [1.807, 2.05) is 13.8 Å². The molecule has 1 atom stereocenters. The average Bonchev–Trinajstić information content (AvgIpc) is 2.92. The predicted molar refractivity (Wildman–Crippen MR) is 74.9 cm³/mol. The van der Waals surface area contributed by atoms with Gasteiger partial charge in [-0.2, -0.15) is 0 Å². The minimum Gasteiger partial charge on any atom is -0.378 e. The van der Waals surface area contributed by atoms with Gasteiger partial charge in [0.2, 0.25) is 5.60 Å². The van der Waals surface area contributed by atoms with Gasteiger partial charge in [0.05, 0.1) is 10.6 Å². The van der Waals surface area contributed by atoms with Crippen LogP contribution in [0.5, 0.6) is 0 Å². The van der Waals surface area contributed by atoms with Crippen LogP contribution < -0.4 is 5.32 Å². The number of nitro groups is 1. The number of nitrogens with zero attached hydrogens (tertiary/aromatic N) is 2. The number of carbonyl (C=O) groups excluding carboxylic acids is 1. The van der Waals surface area contributed by atoms with Crippen LogP contribution in [-0.2, 0) is 9.63 Å². The van der Waals surface area contributed by atoms with Gasteiger partial charge in [0, 0.05) is 36.1 Å². The number of amides is 1. The van der Waals surface area contributed by atoms with Gasteiger partial charge >= 0.3 is 0 Å². The molecule has 0 aromatic heterocycles. The minimum absolute atomic E-state index is 0.00708. The molecule has 110 valence electrons. The van der Waals surface area contributed by atoms with E-state index in [0.717, 1.165) is 0 Å². The Balaban J connectivity index is 1.86. The number of nitrogens with one attached hydrogen (secondary N) is 1. The van der Waals surface area contributed by atoms with E-state index in [2.05, 4.69) is 10.5 Å². The molecule has 1 aromatic rings. The fourth-order valence-electron chi connectivity index (χ4n) is 2.91. The standard InChI is InChI=1S/C14H15N3O4/c1-13(2)8-14(12(18)15-13)7-11(16-21-14)9-4-3-5-10(6-9)17(19)20/h3-6H,7-8H2,1-2H3,(H,15,18). The predicted octanol–water partition coefficient (Wildman–Crippen LogP) is 1.76. The molecule has 0 radical (unpaired) electrons. The molecule has 3 rings (SSSR count). The van der Waals surface area contributed by atoms with Crippen LogP contribution in [0.15, 0.2) is 29.4 Å². The summed E-state index contributed by atoms with van der Waals surface area (Å²) in [6.07, 6.45) is 0.837. The molecule has 1 amide bonds. The van der Waals surface area contributed by atoms with E-state index in [-0.39, 0.29) is 17.1 Å². The summed E-state index contributed by atoms with van der Waals surface area (Å²) in [4.78, 5) is 27.9. The summed E-state index contributed by atoms with van der Waals surface area (Å²) in [5, 5.41) is 17.7. The molecule has 21 heavy (non-hydrogen) atoms. The van der Waals surface area contributed by atoms with Gasteiger partial charge in [-0.1, -0.05) is 17.3 Å². The van der Waals surface area contributed by atoms with Gasteiger partial charge in [-0.05, 0) is 13.8 Å². The molecule has 7 heteroatoms. The zero-order chi connectivity index (χ0) is 15.3. The Morgan fingerprint density at radius 3 is 2.81 bits per heavy atom. The number of benzene rings is 1. The van der Waals surface area contributed by atoms with Gasteiger partial charge in [-0.25, -0.2) is 0 Å². The third-order valence-electron chi connectivity index (χ3n) is 3.77. The van der Waals surface area contributed by atoms with E-state index in [0.29, 0.717) is 24.1 Å². The second-order valence-corrected chi connectivity index (χ2v) is 6.12. The Morgan fingerprint density at radius 2 is 2.19 bits per heavy atom. The molecule has 2 aliphatic heterocycles. The molecule has 1 saturated heterocycles. The first-order valence-electron chi connectivity index (χ1n) is 6.64. The van der Waals surface area contributed by atoms with E-state index in [4.69, 9.17) is 4.84 Å². The Hall–Kier alpha value is -2.44. The zero-order valence-electron chi connectivity index (χ0n) is 11.8. The molecule has 1 fully saturated rings. The van der Waals surface area contributed by atoms with E-state index < -0.39 is 10.5 Å². The lowest BCUT2D eigenvalue weighted by Gasteiger charge is -2.19. The third-order valence-corrected chi connectivity index (χ3v) is 3.77. The fourth-order valence-corrected chi connectivity index (χ4v) is 2.91. The maximum atomic E-state index is 12.1. The Morgan fingerprint density at radius 1 is 1.43 bits per heavy atom. The van der Waals surface area contributed by atoms with Gasteiger partial charge in [0.25, 0.3) is 11.6 Å². The number of non-ortho nitro benzene ring substituents is 1. The van der Waals surface area contributed by atoms with Crippen LogP contribution in [0.25, 0.3) is 0 Å². The van der Waals surface area contributed by atoms with Crippen molar-refractivity contribution >= 4 is 17.3 Å². The highest BCUT2D eigenvalue weighted by Crippen LogP contribution is 2.39. The summed E-state index contributed by atoms with van der Waals surface area (Å²) in [6, 6.07) is 6.19. The molecular weight excluding hydrogens is 274 g/mol. The lowest BCUT2D eigenvalue weighted by molar-refractivity contribution is -0.384. The van der Waals surface area contributed by atoms with E-state index in [1.165, 1.54) is 12.1 Å². The Bertz CT molecular complexity index is 668. The van der Waals surface area contributed by atoms with Crippen molar-refractivity contribution in [3.05, 3.63) is 39.9 Å². The minimum atomic E-state index is -0.983. The third kappa shape index (κ3) is 2.24. The molecule has 1 spiro atoms. The first-order valence-corrected chi connectivity index (χ1v) is 6.64. The van der Waals surface area contributed by atoms with Crippen LogP contribution >= 0.6 is 0 Å². The van der Waals surface area contributed by atoms with Crippen molar-refractivity contribution in [3.8, 4) is 0 Å². The summed E-state index contributed by atoms with van der Waals surface area (Å²) >= 11 is 0. The van der Waals surface area contributed by atoms with Crippen LogP contribution in [-0.4, -0.2) is 27.7 Å². The molecule has 7 nitrogen and oxygen atoms in total. The van der Waals surface area contributed by atoms with Gasteiger partial charge in [0.15, 0.2) is 0 Å². The second-order valence-electron chi connectivity index (χ2n) is 6.12. The molecule has 0 bridgehead atoms. The van der Waals surface area contributed by atoms with Crippen molar-refractivity contribution in [2.75, 3.05) is 0 Å². The van der Waals surface area contributed by atoms with Crippen molar-refractivity contribution in [3.63, 3.8) is 0 Å². The monoisotopic (exact) mass is 289 g/mol. The largest absolute Gasteiger partial charge is 0.378 e. The van der Waals surface area contributed by atoms with Crippen LogP contribution in [0.4, 0.5) is 5.69 Å². The van der Waals surface area contributed by atoms with Crippen LogP contribution in [0.1, 0.15) is 32.3 Å². The van der Waals surface area contributed by atoms with Crippen molar-refractivity contribution in [1.29, 1.82) is 0 Å². The van der Waals surface area contributed by atoms with Crippen LogP contribution in [0.3, 0.4) is 0 Å². The second kappa shape index (κ2) is 4.28. The Labute approximate surface area is 121 Å². The molecule has 1 unspecified atom stereocenters. The number of hydrogen-bond acceptors (Lipinski definition) is 5. The molecule has 0 saturated carbocycles. The van der Waals surface area contributed by atoms with Crippen molar-refractivity contribution in [1.82, 2.24) is 5.32 Å². The maximum Gasteiger partial charge on any atom is 0.270 e. The lowest BCUT2D eigenvalue weighted by Crippen LogP contribution is -2.39. The van der Waals surface area contributed by atoms with Gasteiger partial charge in [-0.3, -0.25) is 14.9 Å². The number of hydrogen-bond donors (Lipinski definition) is 1. The van der Waals surface area contributed by atoms with Gasteiger partial charge in [0.1, 0.15) is 0 Å². The molecule has 2 aliphatic rings. The highest BCUT2D eigenvalue weighted by molar-refractivity contribution is 6.06. The Kier molecular flexibility index (Phi) is 2.76. The zero-order valence-corrected chi connectivity index (χ0v) is 11.8. The van der Waals surface area contributed by atoms with Crippen LogP contribution in [0, 0.1) is 10.1 Å². The number of rotatable bonds is 2. The highest BCUT2D eigenvalue weighted by Gasteiger charge is 2.56. The first kappa shape index (κ1) is 13.5. The summed E-state index contributed by atoms with van der Waals surface area (Å²) in [5.74, 6) is -0.184. The van der Waals surface area contributed by atoms with Crippen molar-refractivity contribution in [2.45, 2.75) is 37.8 Å². The lowest BCUT2D eigenvalue weighted by atomic mass is 9.87. The first-order chi connectivity index (χ1) is 9.81. The van der Waals surface area contributed by atoms with Gasteiger partial charge < -0.3 is 10.2 Å². The van der Waals surface area contributed by atoms with Gasteiger partial charge in [-0.15, -0.1) is 0 Å². The molecule has 1 aromatic carbocycles. The van der Waals surface area contributed by atoms with E-state index >= 15 is 0 Å². The topological polar surface area (TPSA) is 93.8 Å². The average molecular weight is 289 g/mol. The van der Waals surface area contributed by atoms with Crippen molar-refractivity contribution < 1.29 is 14.6 Å². The van der Waals surface area contributed by atoms with E-state index in [9.17, 15) is 14.9 Å². The van der Waals surface area contributed by atoms with Crippen LogP contribution in [0.2, 0.25) is 0 Å². The number of carbonyl (C=O) groups is 1. The molecule has 2 heterocycles. The fraction of sp³-hybridized carbons (Fsp3) is 0.429. The molecular formula is C14H15N3O4. The summed E-state index contributed by atoms with van der Waals surface area (Å²) in [5.41, 5.74) is -0.161. The van der Waals surface area contributed by atoms with E-state index in [1.54, 1.807) is 12.1 Å². The quantitative estimate of drug-likeness (QED) is 0.663.